The van der Waals surface area contributed by atoms with Crippen molar-refractivity contribution in [2.45, 2.75) is 43.7 Å². The lowest BCUT2D eigenvalue weighted by atomic mass is 10.1. The van der Waals surface area contributed by atoms with Crippen LogP contribution >= 0.6 is 0 Å². The third kappa shape index (κ3) is 5.11. The van der Waals surface area contributed by atoms with E-state index < -0.39 is 27.5 Å². The second-order valence-electron chi connectivity index (χ2n) is 8.03. The number of benzene rings is 2. The van der Waals surface area contributed by atoms with Crippen LogP contribution in [0.4, 0.5) is 19.0 Å². The number of carbonyl (C=O) groups is 1. The van der Waals surface area contributed by atoms with Gasteiger partial charge in [0.05, 0.1) is 27.6 Å². The van der Waals surface area contributed by atoms with Gasteiger partial charge in [-0.15, -0.1) is 0 Å². The van der Waals surface area contributed by atoms with Crippen LogP contribution in [0.5, 0.6) is 0 Å². The number of nitrogens with zero attached hydrogens (tertiary/aromatic N) is 2. The van der Waals surface area contributed by atoms with E-state index in [0.29, 0.717) is 5.69 Å². The van der Waals surface area contributed by atoms with Gasteiger partial charge in [-0.05, 0) is 67.6 Å². The molecule has 4 rings (SSSR count). The lowest BCUT2D eigenvalue weighted by Crippen LogP contribution is -2.19. The molecule has 0 saturated carbocycles. The zero-order valence-corrected chi connectivity index (χ0v) is 18.6. The number of hydrogen-bond acceptors (Lipinski definition) is 4. The molecule has 1 aromatic heterocycles. The molecule has 174 valence electrons. The molecule has 3 aromatic rings. The molecular weight excluding hydrogens is 455 g/mol. The Kier molecular flexibility index (Phi) is 6.04. The Bertz CT molecular complexity index is 1310. The van der Waals surface area contributed by atoms with Gasteiger partial charge < -0.3 is 5.32 Å². The van der Waals surface area contributed by atoms with E-state index in [1.54, 1.807) is 19.1 Å². The van der Waals surface area contributed by atoms with Crippen molar-refractivity contribution in [3.63, 3.8) is 0 Å². The Labute approximate surface area is 189 Å². The molecule has 10 heteroatoms. The minimum absolute atomic E-state index is 0.124. The van der Waals surface area contributed by atoms with Gasteiger partial charge in [0.1, 0.15) is 5.82 Å². The molecule has 0 aliphatic heterocycles. The Morgan fingerprint density at radius 2 is 1.85 bits per heavy atom. The van der Waals surface area contributed by atoms with Gasteiger partial charge in [0.25, 0.3) is 0 Å². The number of amides is 1. The van der Waals surface area contributed by atoms with Gasteiger partial charge in [0.2, 0.25) is 5.91 Å². The lowest BCUT2D eigenvalue weighted by molar-refractivity contribution is -0.137. The van der Waals surface area contributed by atoms with Gasteiger partial charge in [-0.3, -0.25) is 4.79 Å². The predicted octanol–water partition coefficient (Wildman–Crippen LogP) is 4.49. The number of aryl methyl sites for hydroxylation is 3. The number of carbonyl (C=O) groups excluding carboxylic acids is 1. The maximum Gasteiger partial charge on any atom is 0.416 e. The zero-order valence-electron chi connectivity index (χ0n) is 17.8. The summed E-state index contributed by atoms with van der Waals surface area (Å²) in [6.45, 7) is 1.64. The van der Waals surface area contributed by atoms with Crippen LogP contribution in [0.1, 0.15) is 35.2 Å². The van der Waals surface area contributed by atoms with Crippen LogP contribution in [0.3, 0.4) is 0 Å². The molecule has 1 N–H and O–H groups in total. The molecule has 1 heterocycles. The summed E-state index contributed by atoms with van der Waals surface area (Å²) < 4.78 is 65.8. The Morgan fingerprint density at radius 3 is 2.61 bits per heavy atom. The molecule has 0 saturated heterocycles. The maximum absolute atomic E-state index is 13.1. The van der Waals surface area contributed by atoms with E-state index in [2.05, 4.69) is 10.4 Å². The SMILES string of the molecule is Cc1cc(NC(=O)CCS(=O)(=O)c2ccc3c(c2)CCC3)n(-c2cccc(C(F)(F)F)c2)n1. The van der Waals surface area contributed by atoms with Crippen LogP contribution in [0.15, 0.2) is 53.4 Å². The van der Waals surface area contributed by atoms with E-state index in [-0.39, 0.29) is 28.6 Å². The molecule has 2 aromatic carbocycles. The monoisotopic (exact) mass is 477 g/mol. The van der Waals surface area contributed by atoms with Crippen molar-refractivity contribution in [3.8, 4) is 5.69 Å². The van der Waals surface area contributed by atoms with Gasteiger partial charge in [-0.2, -0.15) is 18.3 Å². The molecule has 0 atom stereocenters. The highest BCUT2D eigenvalue weighted by Crippen LogP contribution is 2.31. The van der Waals surface area contributed by atoms with E-state index in [1.165, 1.54) is 22.9 Å². The quantitative estimate of drug-likeness (QED) is 0.567. The maximum atomic E-state index is 13.1. The van der Waals surface area contributed by atoms with Crippen molar-refractivity contribution in [3.05, 3.63) is 70.9 Å². The molecule has 0 fully saturated rings. The molecule has 0 radical (unpaired) electrons. The highest BCUT2D eigenvalue weighted by molar-refractivity contribution is 7.91. The largest absolute Gasteiger partial charge is 0.416 e. The Hall–Kier alpha value is -3.14. The normalized spacial score (nSPS) is 13.7. The van der Waals surface area contributed by atoms with Crippen LogP contribution in [-0.2, 0) is 33.6 Å². The lowest BCUT2D eigenvalue weighted by Gasteiger charge is -2.12. The molecule has 1 aliphatic carbocycles. The molecule has 0 spiro atoms. The molecule has 0 bridgehead atoms. The average Bonchev–Trinajstić information content (AvgIpc) is 3.37. The van der Waals surface area contributed by atoms with Crippen molar-refractivity contribution in [2.75, 3.05) is 11.1 Å². The summed E-state index contributed by atoms with van der Waals surface area (Å²) in [6.07, 6.45) is -2.03. The van der Waals surface area contributed by atoms with E-state index in [9.17, 15) is 26.4 Å². The van der Waals surface area contributed by atoms with E-state index >= 15 is 0 Å². The molecular formula is C23H22F3N3O3S. The van der Waals surface area contributed by atoms with Crippen molar-refractivity contribution >= 4 is 21.6 Å². The highest BCUT2D eigenvalue weighted by atomic mass is 32.2. The van der Waals surface area contributed by atoms with Crippen LogP contribution < -0.4 is 5.32 Å². The first kappa shape index (κ1) is 23.0. The number of hydrogen-bond donors (Lipinski definition) is 1. The van der Waals surface area contributed by atoms with Crippen LogP contribution in [0.25, 0.3) is 5.69 Å². The van der Waals surface area contributed by atoms with Gasteiger partial charge in [-0.1, -0.05) is 12.1 Å². The first-order chi connectivity index (χ1) is 15.5. The second-order valence-corrected chi connectivity index (χ2v) is 10.1. The van der Waals surface area contributed by atoms with Crippen LogP contribution in [-0.4, -0.2) is 29.9 Å². The minimum Gasteiger partial charge on any atom is -0.311 e. The van der Waals surface area contributed by atoms with Crippen molar-refractivity contribution in [1.82, 2.24) is 9.78 Å². The predicted molar refractivity (Wildman–Crippen MR) is 117 cm³/mol. The van der Waals surface area contributed by atoms with Crippen LogP contribution in [0, 0.1) is 6.92 Å². The van der Waals surface area contributed by atoms with Crippen molar-refractivity contribution < 1.29 is 26.4 Å². The summed E-state index contributed by atoms with van der Waals surface area (Å²) in [5, 5.41) is 6.73. The summed E-state index contributed by atoms with van der Waals surface area (Å²) in [6, 6.07) is 11.2. The van der Waals surface area contributed by atoms with Gasteiger partial charge >= 0.3 is 6.18 Å². The third-order valence-corrected chi connectivity index (χ3v) is 7.26. The van der Waals surface area contributed by atoms with Gasteiger partial charge in [0.15, 0.2) is 9.84 Å². The van der Waals surface area contributed by atoms with E-state index in [0.717, 1.165) is 42.5 Å². The molecule has 33 heavy (non-hydrogen) atoms. The fraction of sp³-hybridized carbons (Fsp3) is 0.304. The van der Waals surface area contributed by atoms with Gasteiger partial charge in [-0.25, -0.2) is 13.1 Å². The summed E-state index contributed by atoms with van der Waals surface area (Å²) in [5.41, 5.74) is 1.95. The smallest absolute Gasteiger partial charge is 0.311 e. The first-order valence-electron chi connectivity index (χ1n) is 10.4. The standard InChI is InChI=1S/C23H22F3N3O3S/c1-15-12-21(29(28-15)19-7-3-6-18(14-19)23(24,25)26)27-22(30)10-11-33(31,32)20-9-8-16-4-2-5-17(16)13-20/h3,6-9,12-14H,2,4-5,10-11H2,1H3,(H,27,30). The highest BCUT2D eigenvalue weighted by Gasteiger charge is 2.31. The van der Waals surface area contributed by atoms with Crippen molar-refractivity contribution in [2.24, 2.45) is 0 Å². The molecule has 6 nitrogen and oxygen atoms in total. The first-order valence-corrected chi connectivity index (χ1v) is 12.1. The minimum atomic E-state index is -4.52. The second kappa shape index (κ2) is 8.66. The number of halogens is 3. The van der Waals surface area contributed by atoms with Crippen LogP contribution in [0.2, 0.25) is 0 Å². The zero-order chi connectivity index (χ0) is 23.8. The third-order valence-electron chi connectivity index (χ3n) is 5.54. The number of fused-ring (bicyclic) bond motifs is 1. The summed E-state index contributed by atoms with van der Waals surface area (Å²) in [4.78, 5) is 12.7. The number of aromatic nitrogens is 2. The number of anilines is 1. The molecule has 0 unspecified atom stereocenters. The molecule has 1 amide bonds. The average molecular weight is 478 g/mol. The summed E-state index contributed by atoms with van der Waals surface area (Å²) in [7, 11) is -3.66. The number of alkyl halides is 3. The van der Waals surface area contributed by atoms with E-state index in [4.69, 9.17) is 0 Å². The number of rotatable bonds is 6. The number of sulfone groups is 1. The fourth-order valence-electron chi connectivity index (χ4n) is 3.89. The van der Waals surface area contributed by atoms with E-state index in [1.807, 2.05) is 6.07 Å². The topological polar surface area (TPSA) is 81.1 Å². The van der Waals surface area contributed by atoms with Gasteiger partial charge in [0, 0.05) is 12.5 Å². The molecule has 1 aliphatic rings. The Morgan fingerprint density at radius 1 is 1.09 bits per heavy atom. The fourth-order valence-corrected chi connectivity index (χ4v) is 5.18. The summed E-state index contributed by atoms with van der Waals surface area (Å²) >= 11 is 0. The Balaban J connectivity index is 1.48. The number of nitrogens with one attached hydrogen (secondary N) is 1. The van der Waals surface area contributed by atoms with Crippen molar-refractivity contribution in [1.29, 1.82) is 0 Å². The summed E-state index contributed by atoms with van der Waals surface area (Å²) in [5.74, 6) is -0.798.